The molecule has 64 valence electrons. The van der Waals surface area contributed by atoms with Crippen molar-refractivity contribution in [1.29, 1.82) is 5.26 Å². The molecule has 0 fully saturated rings. The average molecular weight is 182 g/mol. The first kappa shape index (κ1) is 9.20. The number of hydrogen-bond acceptors (Lipinski definition) is 4. The molecule has 1 atom stereocenters. The van der Waals surface area contributed by atoms with Gasteiger partial charge in [-0.05, 0) is 17.0 Å². The second kappa shape index (κ2) is 4.21. The maximum absolute atomic E-state index is 8.55. The lowest BCUT2D eigenvalue weighted by Crippen LogP contribution is -2.14. The molecule has 0 aliphatic heterocycles. The van der Waals surface area contributed by atoms with Gasteiger partial charge >= 0.3 is 0 Å². The van der Waals surface area contributed by atoms with Crippen molar-refractivity contribution < 1.29 is 4.74 Å². The van der Waals surface area contributed by atoms with Gasteiger partial charge in [0.15, 0.2) is 0 Å². The van der Waals surface area contributed by atoms with Gasteiger partial charge in [0.2, 0.25) is 0 Å². The van der Waals surface area contributed by atoms with Crippen molar-refractivity contribution in [2.45, 2.75) is 6.04 Å². The summed E-state index contributed by atoms with van der Waals surface area (Å²) in [5.74, 6) is 0. The summed E-state index contributed by atoms with van der Waals surface area (Å²) in [5, 5.41) is 10.4. The zero-order valence-corrected chi connectivity index (χ0v) is 7.60. The molecule has 1 rings (SSSR count). The van der Waals surface area contributed by atoms with E-state index in [1.807, 2.05) is 5.38 Å². The van der Waals surface area contributed by atoms with Gasteiger partial charge in [-0.2, -0.15) is 5.26 Å². The molecular formula is C8H10N2OS. The number of hydrogen-bond donors (Lipinski definition) is 1. The fraction of sp³-hybridized carbons (Fsp3) is 0.375. The van der Waals surface area contributed by atoms with Gasteiger partial charge in [0.25, 0.3) is 0 Å². The van der Waals surface area contributed by atoms with Gasteiger partial charge in [-0.1, -0.05) is 0 Å². The highest BCUT2D eigenvalue weighted by atomic mass is 32.1. The molecule has 0 aliphatic rings. The first-order valence-corrected chi connectivity index (χ1v) is 4.39. The highest BCUT2D eigenvalue weighted by molar-refractivity contribution is 7.10. The van der Waals surface area contributed by atoms with Gasteiger partial charge in [0.1, 0.15) is 10.9 Å². The Morgan fingerprint density at radius 1 is 1.83 bits per heavy atom. The van der Waals surface area contributed by atoms with E-state index in [9.17, 15) is 0 Å². The van der Waals surface area contributed by atoms with E-state index in [1.165, 1.54) is 11.3 Å². The molecule has 1 aromatic rings. The maximum atomic E-state index is 8.55. The SMILES string of the molecule is COC[C@H](N)c1csc(C#N)c1. The summed E-state index contributed by atoms with van der Waals surface area (Å²) in [6, 6.07) is 3.75. The third-order valence-corrected chi connectivity index (χ3v) is 2.36. The Morgan fingerprint density at radius 2 is 2.58 bits per heavy atom. The van der Waals surface area contributed by atoms with E-state index in [0.29, 0.717) is 11.5 Å². The second-order valence-electron chi connectivity index (χ2n) is 2.42. The normalized spacial score (nSPS) is 12.4. The smallest absolute Gasteiger partial charge is 0.110 e. The molecule has 0 amide bonds. The summed E-state index contributed by atoms with van der Waals surface area (Å²) in [5.41, 5.74) is 6.72. The van der Waals surface area contributed by atoms with E-state index in [-0.39, 0.29) is 6.04 Å². The maximum Gasteiger partial charge on any atom is 0.110 e. The minimum atomic E-state index is -0.117. The van der Waals surface area contributed by atoms with Crippen LogP contribution in [0.25, 0.3) is 0 Å². The molecule has 0 aromatic carbocycles. The summed E-state index contributed by atoms with van der Waals surface area (Å²) >= 11 is 1.41. The molecule has 0 saturated carbocycles. The summed E-state index contributed by atoms with van der Waals surface area (Å²) < 4.78 is 4.90. The lowest BCUT2D eigenvalue weighted by molar-refractivity contribution is 0.181. The lowest BCUT2D eigenvalue weighted by atomic mass is 10.2. The molecule has 3 nitrogen and oxygen atoms in total. The number of nitriles is 1. The average Bonchev–Trinajstić information content (AvgIpc) is 2.52. The summed E-state index contributed by atoms with van der Waals surface area (Å²) in [6.07, 6.45) is 0. The predicted molar refractivity (Wildman–Crippen MR) is 47.8 cm³/mol. The molecule has 12 heavy (non-hydrogen) atoms. The van der Waals surface area contributed by atoms with Crippen LogP contribution in [0.5, 0.6) is 0 Å². The third-order valence-electron chi connectivity index (χ3n) is 1.50. The molecule has 0 aliphatic carbocycles. The van der Waals surface area contributed by atoms with E-state index in [4.69, 9.17) is 15.7 Å². The van der Waals surface area contributed by atoms with Crippen LogP contribution in [0, 0.1) is 11.3 Å². The first-order valence-electron chi connectivity index (χ1n) is 3.51. The molecule has 1 heterocycles. The molecule has 0 radical (unpaired) electrons. The molecular weight excluding hydrogens is 172 g/mol. The minimum absolute atomic E-state index is 0.117. The minimum Gasteiger partial charge on any atom is -0.383 e. The Bertz CT molecular complexity index is 289. The number of nitrogens with two attached hydrogens (primary N) is 1. The van der Waals surface area contributed by atoms with E-state index < -0.39 is 0 Å². The zero-order chi connectivity index (χ0) is 8.97. The van der Waals surface area contributed by atoms with Crippen molar-refractivity contribution in [3.05, 3.63) is 21.9 Å². The lowest BCUT2D eigenvalue weighted by Gasteiger charge is -2.06. The van der Waals surface area contributed by atoms with Crippen LogP contribution in [0.15, 0.2) is 11.4 Å². The standard InChI is InChI=1S/C8H10N2OS/c1-11-4-8(10)6-2-7(3-9)12-5-6/h2,5,8H,4,10H2,1H3/t8-/m0/s1. The van der Waals surface area contributed by atoms with E-state index in [2.05, 4.69) is 6.07 Å². The zero-order valence-electron chi connectivity index (χ0n) is 6.78. The molecule has 0 bridgehead atoms. The largest absolute Gasteiger partial charge is 0.383 e. The number of rotatable bonds is 3. The summed E-state index contributed by atoms with van der Waals surface area (Å²) in [6.45, 7) is 0.488. The monoisotopic (exact) mass is 182 g/mol. The predicted octanol–water partition coefficient (Wildman–Crippen LogP) is 1.27. The Kier molecular flexibility index (Phi) is 3.23. The van der Waals surface area contributed by atoms with Crippen LogP contribution < -0.4 is 5.73 Å². The van der Waals surface area contributed by atoms with Crippen molar-refractivity contribution in [1.82, 2.24) is 0 Å². The molecule has 4 heteroatoms. The Hall–Kier alpha value is -0.890. The van der Waals surface area contributed by atoms with Gasteiger partial charge in [-0.15, -0.1) is 11.3 Å². The summed E-state index contributed by atoms with van der Waals surface area (Å²) in [7, 11) is 1.61. The molecule has 0 saturated heterocycles. The molecule has 0 unspecified atom stereocenters. The van der Waals surface area contributed by atoms with Crippen LogP contribution >= 0.6 is 11.3 Å². The van der Waals surface area contributed by atoms with Gasteiger partial charge in [0.05, 0.1) is 12.6 Å². The van der Waals surface area contributed by atoms with Crippen molar-refractivity contribution in [2.24, 2.45) is 5.73 Å². The summed E-state index contributed by atoms with van der Waals surface area (Å²) in [4.78, 5) is 0.691. The molecule has 0 spiro atoms. The molecule has 2 N–H and O–H groups in total. The van der Waals surface area contributed by atoms with Crippen LogP contribution in [0.1, 0.15) is 16.5 Å². The van der Waals surface area contributed by atoms with Crippen molar-refractivity contribution in [3.8, 4) is 6.07 Å². The van der Waals surface area contributed by atoms with Crippen molar-refractivity contribution in [2.75, 3.05) is 13.7 Å². The van der Waals surface area contributed by atoms with Gasteiger partial charge in [0, 0.05) is 7.11 Å². The van der Waals surface area contributed by atoms with Crippen molar-refractivity contribution >= 4 is 11.3 Å². The number of methoxy groups -OCH3 is 1. The van der Waals surface area contributed by atoms with Crippen molar-refractivity contribution in [3.63, 3.8) is 0 Å². The van der Waals surface area contributed by atoms with Gasteiger partial charge in [-0.25, -0.2) is 0 Å². The van der Waals surface area contributed by atoms with Crippen LogP contribution in [-0.2, 0) is 4.74 Å². The highest BCUT2D eigenvalue weighted by Crippen LogP contribution is 2.18. The number of thiophene rings is 1. The fourth-order valence-electron chi connectivity index (χ4n) is 0.880. The van der Waals surface area contributed by atoms with Gasteiger partial charge in [-0.3, -0.25) is 0 Å². The Morgan fingerprint density at radius 3 is 3.08 bits per heavy atom. The topological polar surface area (TPSA) is 59.0 Å². The highest BCUT2D eigenvalue weighted by Gasteiger charge is 2.07. The van der Waals surface area contributed by atoms with Crippen LogP contribution in [0.4, 0.5) is 0 Å². The molecule has 1 aromatic heterocycles. The Balaban J connectivity index is 2.69. The van der Waals surface area contributed by atoms with E-state index in [1.54, 1.807) is 13.2 Å². The first-order chi connectivity index (χ1) is 5.77. The Labute approximate surface area is 75.4 Å². The van der Waals surface area contributed by atoms with Gasteiger partial charge < -0.3 is 10.5 Å². The second-order valence-corrected chi connectivity index (χ2v) is 3.33. The fourth-order valence-corrected chi connectivity index (χ4v) is 1.64. The number of ether oxygens (including phenoxy) is 1. The van der Waals surface area contributed by atoms with Crippen LogP contribution in [-0.4, -0.2) is 13.7 Å². The third kappa shape index (κ3) is 2.05. The quantitative estimate of drug-likeness (QED) is 0.765. The van der Waals surface area contributed by atoms with E-state index in [0.717, 1.165) is 5.56 Å². The van der Waals surface area contributed by atoms with E-state index >= 15 is 0 Å². The van der Waals surface area contributed by atoms with Crippen LogP contribution in [0.2, 0.25) is 0 Å². The number of nitrogens with zero attached hydrogens (tertiary/aromatic N) is 1. The van der Waals surface area contributed by atoms with Crippen LogP contribution in [0.3, 0.4) is 0 Å².